The van der Waals surface area contributed by atoms with E-state index in [0.717, 1.165) is 37.7 Å². The molecule has 0 bridgehead atoms. The van der Waals surface area contributed by atoms with E-state index in [1.165, 1.54) is 11.7 Å². The number of hydrogen-bond acceptors (Lipinski definition) is 4. The van der Waals surface area contributed by atoms with E-state index in [0.29, 0.717) is 23.6 Å². The summed E-state index contributed by atoms with van der Waals surface area (Å²) in [7, 11) is 3.07. The Kier molecular flexibility index (Phi) is 7.06. The lowest BCUT2D eigenvalue weighted by Gasteiger charge is -2.13. The number of unbranched alkanes of at least 4 members (excludes halogenated alkanes) is 3. The first-order valence-electron chi connectivity index (χ1n) is 9.12. The summed E-state index contributed by atoms with van der Waals surface area (Å²) in [6, 6.07) is 5.67. The van der Waals surface area contributed by atoms with Crippen molar-refractivity contribution < 1.29 is 23.6 Å². The third-order valence-electron chi connectivity index (χ3n) is 4.44. The topological polar surface area (TPSA) is 68.0 Å². The van der Waals surface area contributed by atoms with E-state index in [1.54, 1.807) is 7.11 Å². The molecule has 2 amide bonds. The molecule has 140 valence electrons. The fourth-order valence-corrected chi connectivity index (χ4v) is 3.11. The van der Waals surface area contributed by atoms with Gasteiger partial charge in [-0.3, -0.25) is 0 Å². The standard InChI is InChI=1S/C20H27N2O4/c1-5-7-8-9-13-16-21-18(23)19(24)22(16)20(26-4)15-12-10-11-14(6-2)17(15)25-3/h10-12H,5-9,13H2,1-4H3/q+1. The fraction of sp³-hybridized carbons (Fsp3) is 0.500. The zero-order valence-electron chi connectivity index (χ0n) is 16.0. The second kappa shape index (κ2) is 9.27. The van der Waals surface area contributed by atoms with Crippen LogP contribution in [-0.2, 0) is 20.7 Å². The molecule has 1 aromatic carbocycles. The number of nitrogens with zero attached hydrogens (tertiary/aromatic N) is 2. The third-order valence-corrected chi connectivity index (χ3v) is 4.44. The van der Waals surface area contributed by atoms with Crippen molar-refractivity contribution in [3.05, 3.63) is 29.3 Å². The van der Waals surface area contributed by atoms with Gasteiger partial charge in [-0.15, -0.1) is 4.58 Å². The van der Waals surface area contributed by atoms with Crippen molar-refractivity contribution in [1.82, 2.24) is 0 Å². The van der Waals surface area contributed by atoms with E-state index < -0.39 is 11.8 Å². The molecule has 6 heteroatoms. The Morgan fingerprint density at radius 3 is 2.50 bits per heavy atom. The highest BCUT2D eigenvalue weighted by atomic mass is 16.5. The Hall–Kier alpha value is -2.50. The van der Waals surface area contributed by atoms with Gasteiger partial charge >= 0.3 is 23.5 Å². The molecule has 0 N–H and O–H groups in total. The second-order valence-electron chi connectivity index (χ2n) is 6.15. The quantitative estimate of drug-likeness (QED) is 0.310. The van der Waals surface area contributed by atoms with Crippen molar-refractivity contribution in [2.24, 2.45) is 4.99 Å². The van der Waals surface area contributed by atoms with Gasteiger partial charge in [-0.05, 0) is 24.5 Å². The van der Waals surface area contributed by atoms with Crippen LogP contribution in [0.2, 0.25) is 0 Å². The molecule has 2 rings (SSSR count). The summed E-state index contributed by atoms with van der Waals surface area (Å²) in [5.41, 5.74) is 1.64. The molecule has 6 nitrogen and oxygen atoms in total. The largest absolute Gasteiger partial charge is 0.496 e. The smallest absolute Gasteiger partial charge is 0.465 e. The molecule has 0 aliphatic carbocycles. The molecule has 26 heavy (non-hydrogen) atoms. The highest BCUT2D eigenvalue weighted by Gasteiger charge is 2.44. The van der Waals surface area contributed by atoms with Gasteiger partial charge in [-0.25, -0.2) is 9.59 Å². The van der Waals surface area contributed by atoms with Crippen LogP contribution < -0.4 is 4.74 Å². The monoisotopic (exact) mass is 359 g/mol. The maximum Gasteiger partial charge on any atom is 0.465 e. The predicted octanol–water partition coefficient (Wildman–Crippen LogP) is 3.10. The summed E-state index contributed by atoms with van der Waals surface area (Å²) in [5, 5.41) is 0. The first kappa shape index (κ1) is 19.8. The third kappa shape index (κ3) is 4.00. The molecule has 1 aliphatic rings. The summed E-state index contributed by atoms with van der Waals surface area (Å²) in [6.07, 6.45) is 5.46. The van der Waals surface area contributed by atoms with Gasteiger partial charge in [0.05, 0.1) is 20.6 Å². The van der Waals surface area contributed by atoms with Crippen LogP contribution in [0.25, 0.3) is 0 Å². The molecule has 0 saturated carbocycles. The van der Waals surface area contributed by atoms with Crippen LogP contribution in [0.4, 0.5) is 0 Å². The Morgan fingerprint density at radius 1 is 1.12 bits per heavy atom. The lowest BCUT2D eigenvalue weighted by Crippen LogP contribution is -2.32. The summed E-state index contributed by atoms with van der Waals surface area (Å²) < 4.78 is 12.4. The number of carbonyl (C=O) groups is 2. The summed E-state index contributed by atoms with van der Waals surface area (Å²) >= 11 is 0. The van der Waals surface area contributed by atoms with E-state index in [4.69, 9.17) is 9.47 Å². The van der Waals surface area contributed by atoms with E-state index >= 15 is 0 Å². The van der Waals surface area contributed by atoms with Crippen LogP contribution >= 0.6 is 0 Å². The van der Waals surface area contributed by atoms with E-state index in [2.05, 4.69) is 11.9 Å². The number of amidine groups is 1. The van der Waals surface area contributed by atoms with Gasteiger partial charge in [0.15, 0.2) is 0 Å². The molecular weight excluding hydrogens is 332 g/mol. The normalized spacial score (nSPS) is 15.9. The van der Waals surface area contributed by atoms with Gasteiger partial charge in [-0.2, -0.15) is 0 Å². The molecule has 0 unspecified atom stereocenters. The zero-order valence-corrected chi connectivity index (χ0v) is 16.0. The van der Waals surface area contributed by atoms with Gasteiger partial charge in [0.1, 0.15) is 11.3 Å². The Morgan fingerprint density at radius 2 is 1.88 bits per heavy atom. The molecule has 0 fully saturated rings. The average Bonchev–Trinajstić information content (AvgIpc) is 2.93. The number of benzene rings is 1. The Balaban J connectivity index is 2.50. The van der Waals surface area contributed by atoms with Gasteiger partial charge in [0.25, 0.3) is 0 Å². The SMILES string of the molecule is CCCCCCC1=NC(=O)C(=O)[N+]1=C(OC)c1cccc(CC)c1OC. The maximum absolute atomic E-state index is 12.5. The first-order valence-corrected chi connectivity index (χ1v) is 9.12. The number of rotatable bonds is 8. The van der Waals surface area contributed by atoms with Crippen LogP contribution in [0.5, 0.6) is 5.75 Å². The van der Waals surface area contributed by atoms with Gasteiger partial charge in [-0.1, -0.05) is 45.2 Å². The number of methoxy groups -OCH3 is 2. The van der Waals surface area contributed by atoms with Crippen LogP contribution in [0, 0.1) is 0 Å². The lowest BCUT2D eigenvalue weighted by atomic mass is 10.1. The van der Waals surface area contributed by atoms with Gasteiger partial charge in [0, 0.05) is 4.99 Å². The van der Waals surface area contributed by atoms with Crippen molar-refractivity contribution >= 4 is 23.5 Å². The molecular formula is C20H27N2O4+. The molecule has 1 heterocycles. The van der Waals surface area contributed by atoms with E-state index in [1.807, 2.05) is 25.1 Å². The molecule has 0 atom stereocenters. The van der Waals surface area contributed by atoms with Crippen LogP contribution in [0.1, 0.15) is 57.1 Å². The first-order chi connectivity index (χ1) is 12.6. The number of ether oxygens (including phenoxy) is 2. The number of para-hydroxylation sites is 1. The van der Waals surface area contributed by atoms with Gasteiger partial charge < -0.3 is 9.47 Å². The van der Waals surface area contributed by atoms with Crippen LogP contribution in [0.15, 0.2) is 23.2 Å². The van der Waals surface area contributed by atoms with Crippen molar-refractivity contribution in [3.63, 3.8) is 0 Å². The minimum absolute atomic E-state index is 0.280. The summed E-state index contributed by atoms with van der Waals surface area (Å²) in [4.78, 5) is 28.3. The molecule has 0 aromatic heterocycles. The number of hydrogen-bond donors (Lipinski definition) is 0. The fourth-order valence-electron chi connectivity index (χ4n) is 3.11. The minimum atomic E-state index is -0.754. The number of aryl methyl sites for hydroxylation is 1. The van der Waals surface area contributed by atoms with E-state index in [-0.39, 0.29) is 5.90 Å². The molecule has 0 spiro atoms. The van der Waals surface area contributed by atoms with Crippen molar-refractivity contribution in [1.29, 1.82) is 0 Å². The highest BCUT2D eigenvalue weighted by molar-refractivity contribution is 6.39. The highest BCUT2D eigenvalue weighted by Crippen LogP contribution is 2.26. The van der Waals surface area contributed by atoms with Gasteiger partial charge in [0.2, 0.25) is 0 Å². The van der Waals surface area contributed by atoms with Crippen molar-refractivity contribution in [3.8, 4) is 5.75 Å². The average molecular weight is 359 g/mol. The zero-order chi connectivity index (χ0) is 19.1. The van der Waals surface area contributed by atoms with Crippen molar-refractivity contribution in [2.45, 2.75) is 52.4 Å². The number of aliphatic imine (C=N–C) groups is 1. The van der Waals surface area contributed by atoms with E-state index in [9.17, 15) is 9.59 Å². The van der Waals surface area contributed by atoms with Crippen LogP contribution in [0.3, 0.4) is 0 Å². The summed E-state index contributed by atoms with van der Waals surface area (Å²) in [5.74, 6) is -0.0737. The second-order valence-corrected chi connectivity index (χ2v) is 6.15. The Labute approximate surface area is 154 Å². The number of amides is 2. The van der Waals surface area contributed by atoms with Crippen LogP contribution in [-0.4, -0.2) is 42.3 Å². The molecule has 0 saturated heterocycles. The maximum atomic E-state index is 12.5. The molecule has 1 aliphatic heterocycles. The van der Waals surface area contributed by atoms with Crippen molar-refractivity contribution in [2.75, 3.05) is 14.2 Å². The number of carbonyl (C=O) groups excluding carboxylic acids is 2. The molecule has 1 aromatic rings. The Bertz CT molecular complexity index is 750. The lowest BCUT2D eigenvalue weighted by molar-refractivity contribution is -0.340. The minimum Gasteiger partial charge on any atom is -0.496 e. The molecule has 0 radical (unpaired) electrons. The summed E-state index contributed by atoms with van der Waals surface area (Å²) in [6.45, 7) is 4.16. The predicted molar refractivity (Wildman–Crippen MR) is 100.0 cm³/mol.